The summed E-state index contributed by atoms with van der Waals surface area (Å²) in [5, 5.41) is 0. The molecule has 0 N–H and O–H groups in total. The molecule has 0 bridgehead atoms. The molecular weight excluding hydrogens is 462 g/mol. The van der Waals surface area contributed by atoms with Crippen molar-refractivity contribution in [2.75, 3.05) is 13.1 Å². The summed E-state index contributed by atoms with van der Waals surface area (Å²) in [6, 6.07) is 11.1. The number of aryl methyl sites for hydroxylation is 2. The number of aromatic nitrogens is 3. The van der Waals surface area contributed by atoms with Gasteiger partial charge in [0.05, 0.1) is 27.7 Å². The van der Waals surface area contributed by atoms with Crippen molar-refractivity contribution in [2.24, 2.45) is 0 Å². The fourth-order valence-electron chi connectivity index (χ4n) is 4.78. The number of pyridine rings is 1. The summed E-state index contributed by atoms with van der Waals surface area (Å²) < 4.78 is 29.5. The van der Waals surface area contributed by atoms with E-state index in [1.165, 1.54) is 4.31 Å². The number of benzene rings is 1. The minimum absolute atomic E-state index is 0.0750. The van der Waals surface area contributed by atoms with Gasteiger partial charge >= 0.3 is 0 Å². The monoisotopic (exact) mass is 497 g/mol. The third-order valence-corrected chi connectivity index (χ3v) is 8.83. The number of imidazole rings is 1. The highest BCUT2D eigenvalue weighted by Crippen LogP contribution is 2.34. The van der Waals surface area contributed by atoms with Gasteiger partial charge in [-0.25, -0.2) is 13.4 Å². The third-order valence-electron chi connectivity index (χ3n) is 6.78. The van der Waals surface area contributed by atoms with Gasteiger partial charge in [0.2, 0.25) is 15.9 Å². The van der Waals surface area contributed by atoms with E-state index in [0.29, 0.717) is 38.0 Å². The maximum absolute atomic E-state index is 13.3. The Kier molecular flexibility index (Phi) is 7.56. The summed E-state index contributed by atoms with van der Waals surface area (Å²) in [5.41, 5.74) is 2.42. The minimum Gasteiger partial charge on any atom is -0.331 e. The Morgan fingerprint density at radius 1 is 1.14 bits per heavy atom. The molecule has 188 valence electrons. The van der Waals surface area contributed by atoms with E-state index >= 15 is 0 Å². The molecular formula is C26H35N5O3S. The second-order valence-electron chi connectivity index (χ2n) is 8.97. The van der Waals surface area contributed by atoms with Crippen molar-refractivity contribution < 1.29 is 13.2 Å². The highest BCUT2D eigenvalue weighted by atomic mass is 32.2. The lowest BCUT2D eigenvalue weighted by Gasteiger charge is -2.29. The summed E-state index contributed by atoms with van der Waals surface area (Å²) >= 11 is 0. The maximum atomic E-state index is 13.3. The van der Waals surface area contributed by atoms with E-state index in [9.17, 15) is 13.2 Å². The van der Waals surface area contributed by atoms with E-state index in [1.807, 2.05) is 56.9 Å². The molecule has 0 aliphatic heterocycles. The first-order valence-electron chi connectivity index (χ1n) is 12.5. The lowest BCUT2D eigenvalue weighted by Crippen LogP contribution is -2.36. The summed E-state index contributed by atoms with van der Waals surface area (Å²) in [7, 11) is -3.56. The number of rotatable bonds is 11. The van der Waals surface area contributed by atoms with Gasteiger partial charge in [-0.15, -0.1) is 0 Å². The van der Waals surface area contributed by atoms with Gasteiger partial charge in [-0.1, -0.05) is 19.9 Å². The van der Waals surface area contributed by atoms with E-state index in [2.05, 4.69) is 9.55 Å². The Hall–Kier alpha value is -2.78. The fourth-order valence-corrected chi connectivity index (χ4v) is 6.26. The number of nitrogens with zero attached hydrogens (tertiary/aromatic N) is 5. The van der Waals surface area contributed by atoms with Crippen LogP contribution in [0.3, 0.4) is 0 Å². The van der Waals surface area contributed by atoms with E-state index in [0.717, 1.165) is 29.9 Å². The van der Waals surface area contributed by atoms with Gasteiger partial charge in [-0.05, 0) is 57.0 Å². The lowest BCUT2D eigenvalue weighted by atomic mass is 10.1. The third kappa shape index (κ3) is 5.11. The van der Waals surface area contributed by atoms with Crippen molar-refractivity contribution in [1.29, 1.82) is 0 Å². The van der Waals surface area contributed by atoms with Crippen LogP contribution in [0.1, 0.15) is 64.5 Å². The van der Waals surface area contributed by atoms with Crippen LogP contribution in [-0.2, 0) is 27.8 Å². The lowest BCUT2D eigenvalue weighted by molar-refractivity contribution is -0.134. The predicted molar refractivity (Wildman–Crippen MR) is 136 cm³/mol. The molecule has 1 aliphatic rings. The topological polar surface area (TPSA) is 88.4 Å². The molecule has 1 aliphatic carbocycles. The molecule has 1 unspecified atom stereocenters. The molecule has 1 saturated carbocycles. The van der Waals surface area contributed by atoms with Gasteiger partial charge in [0, 0.05) is 44.7 Å². The van der Waals surface area contributed by atoms with Crippen LogP contribution in [0.5, 0.6) is 0 Å². The molecule has 9 heteroatoms. The molecule has 0 saturated heterocycles. The van der Waals surface area contributed by atoms with Crippen LogP contribution in [0.2, 0.25) is 0 Å². The predicted octanol–water partition coefficient (Wildman–Crippen LogP) is 4.17. The van der Waals surface area contributed by atoms with Crippen LogP contribution in [0, 0.1) is 0 Å². The number of amides is 1. The average molecular weight is 498 g/mol. The van der Waals surface area contributed by atoms with Crippen molar-refractivity contribution in [2.45, 2.75) is 76.9 Å². The zero-order valence-corrected chi connectivity index (χ0v) is 21.8. The SMILES string of the molecule is CCN(CC)S(=O)(=O)c1ccc2c(c1)nc(CCC(=O)N(C1CC1)C(C)c1ccccn1)n2CC. The molecule has 35 heavy (non-hydrogen) atoms. The standard InChI is InChI=1S/C26H35N5O3S/c1-5-29(6-2)35(33,34)21-13-14-24-23(18-21)28-25(30(24)7-3)15-16-26(32)31(20-11-12-20)19(4)22-10-8-9-17-27-22/h8-10,13-14,17-20H,5-7,11-12,15-16H2,1-4H3. The second kappa shape index (κ2) is 10.5. The molecule has 1 atom stereocenters. The van der Waals surface area contributed by atoms with Crippen molar-refractivity contribution in [3.63, 3.8) is 0 Å². The van der Waals surface area contributed by atoms with Gasteiger partial charge in [-0.3, -0.25) is 9.78 Å². The van der Waals surface area contributed by atoms with Crippen LogP contribution in [-0.4, -0.2) is 57.2 Å². The molecule has 0 spiro atoms. The van der Waals surface area contributed by atoms with Crippen LogP contribution in [0.15, 0.2) is 47.5 Å². The zero-order valence-electron chi connectivity index (χ0n) is 21.0. The Morgan fingerprint density at radius 3 is 2.49 bits per heavy atom. The quantitative estimate of drug-likeness (QED) is 0.397. The number of carbonyl (C=O) groups excluding carboxylic acids is 1. The number of sulfonamides is 1. The normalized spacial score (nSPS) is 15.0. The first kappa shape index (κ1) is 25.3. The molecule has 8 nitrogen and oxygen atoms in total. The number of hydrogen-bond donors (Lipinski definition) is 0. The van der Waals surface area contributed by atoms with E-state index in [4.69, 9.17) is 4.98 Å². The highest BCUT2D eigenvalue weighted by Gasteiger charge is 2.36. The Labute approximate surface area is 208 Å². The molecule has 1 fully saturated rings. The number of hydrogen-bond acceptors (Lipinski definition) is 5. The average Bonchev–Trinajstić information content (AvgIpc) is 3.63. The van der Waals surface area contributed by atoms with Crippen LogP contribution in [0.25, 0.3) is 11.0 Å². The van der Waals surface area contributed by atoms with Crippen molar-refractivity contribution in [1.82, 2.24) is 23.7 Å². The van der Waals surface area contributed by atoms with Crippen molar-refractivity contribution in [3.8, 4) is 0 Å². The first-order valence-corrected chi connectivity index (χ1v) is 14.0. The van der Waals surface area contributed by atoms with Gasteiger partial charge in [-0.2, -0.15) is 4.31 Å². The van der Waals surface area contributed by atoms with E-state index in [1.54, 1.807) is 18.3 Å². The Bertz CT molecular complexity index is 1280. The van der Waals surface area contributed by atoms with Crippen molar-refractivity contribution in [3.05, 3.63) is 54.1 Å². The molecule has 1 amide bonds. The van der Waals surface area contributed by atoms with Gasteiger partial charge < -0.3 is 9.47 Å². The fraction of sp³-hybridized carbons (Fsp3) is 0.500. The Morgan fingerprint density at radius 2 is 1.89 bits per heavy atom. The molecule has 2 aromatic heterocycles. The van der Waals surface area contributed by atoms with Crippen LogP contribution in [0.4, 0.5) is 0 Å². The summed E-state index contributed by atoms with van der Waals surface area (Å²) in [4.78, 5) is 24.8. The summed E-state index contributed by atoms with van der Waals surface area (Å²) in [6.45, 7) is 9.27. The maximum Gasteiger partial charge on any atom is 0.243 e. The van der Waals surface area contributed by atoms with E-state index in [-0.39, 0.29) is 22.9 Å². The number of fused-ring (bicyclic) bond motifs is 1. The largest absolute Gasteiger partial charge is 0.331 e. The number of carbonyl (C=O) groups is 1. The first-order chi connectivity index (χ1) is 16.8. The Balaban J connectivity index is 1.56. The molecule has 2 heterocycles. The summed E-state index contributed by atoms with van der Waals surface area (Å²) in [6.07, 6.45) is 4.67. The molecule has 3 aromatic rings. The van der Waals surface area contributed by atoms with E-state index < -0.39 is 10.0 Å². The smallest absolute Gasteiger partial charge is 0.243 e. The van der Waals surface area contributed by atoms with Gasteiger partial charge in [0.25, 0.3) is 0 Å². The second-order valence-corrected chi connectivity index (χ2v) is 10.9. The molecule has 0 radical (unpaired) electrons. The summed E-state index contributed by atoms with van der Waals surface area (Å²) in [5.74, 6) is 0.902. The van der Waals surface area contributed by atoms with Gasteiger partial charge in [0.15, 0.2) is 0 Å². The van der Waals surface area contributed by atoms with Crippen molar-refractivity contribution >= 4 is 27.0 Å². The molecule has 1 aromatic carbocycles. The minimum atomic E-state index is -3.56. The van der Waals surface area contributed by atoms with Crippen LogP contribution < -0.4 is 0 Å². The molecule has 4 rings (SSSR count). The zero-order chi connectivity index (χ0) is 25.2. The van der Waals surface area contributed by atoms with Gasteiger partial charge in [0.1, 0.15) is 5.82 Å². The highest BCUT2D eigenvalue weighted by molar-refractivity contribution is 7.89. The van der Waals surface area contributed by atoms with Crippen LogP contribution >= 0.6 is 0 Å².